The van der Waals surface area contributed by atoms with Crippen LogP contribution in [0.25, 0.3) is 0 Å². The lowest BCUT2D eigenvalue weighted by Gasteiger charge is -2.05. The van der Waals surface area contributed by atoms with Gasteiger partial charge in [-0.25, -0.2) is 0 Å². The molecule has 0 aliphatic carbocycles. The van der Waals surface area contributed by atoms with Gasteiger partial charge in [0.15, 0.2) is 0 Å². The van der Waals surface area contributed by atoms with Crippen molar-refractivity contribution in [3.05, 3.63) is 75.7 Å². The van der Waals surface area contributed by atoms with Crippen molar-refractivity contribution in [3.63, 3.8) is 0 Å². The van der Waals surface area contributed by atoms with E-state index in [4.69, 9.17) is 10.3 Å². The molecule has 0 saturated carbocycles. The highest BCUT2D eigenvalue weighted by Crippen LogP contribution is 2.11. The first kappa shape index (κ1) is 27.6. The average Bonchev–Trinajstić information content (AvgIpc) is 2.68. The molecule has 2 aromatic rings. The lowest BCUT2D eigenvalue weighted by molar-refractivity contribution is 1.40. The van der Waals surface area contributed by atoms with Crippen LogP contribution in [0.4, 0.5) is 0 Å². The molecule has 0 radical (unpaired) electrons. The summed E-state index contributed by atoms with van der Waals surface area (Å²) in [5.41, 5.74) is 4.96. The van der Waals surface area contributed by atoms with Gasteiger partial charge in [0.1, 0.15) is 0 Å². The van der Waals surface area contributed by atoms with E-state index in [0.717, 1.165) is 11.1 Å². The molecule has 0 atom stereocenters. The second kappa shape index (κ2) is 19.8. The van der Waals surface area contributed by atoms with Gasteiger partial charge < -0.3 is 0 Å². The number of nitroso groups, excluding NO2 is 1. The number of hydrogen-bond donors (Lipinski definition) is 1. The fourth-order valence-corrected chi connectivity index (χ4v) is 1.61. The van der Waals surface area contributed by atoms with Crippen LogP contribution >= 0.6 is 0 Å². The topological polar surface area (TPSA) is 53.3 Å². The van der Waals surface area contributed by atoms with Gasteiger partial charge >= 0.3 is 0 Å². The van der Waals surface area contributed by atoms with Gasteiger partial charge in [-0.3, -0.25) is 5.41 Å². The predicted molar refractivity (Wildman–Crippen MR) is 114 cm³/mol. The monoisotopic (exact) mass is 344 g/mol. The summed E-state index contributed by atoms with van der Waals surface area (Å²) in [6.07, 6.45) is 0. The Morgan fingerprint density at radius 3 is 1.08 bits per heavy atom. The second-order valence-corrected chi connectivity index (χ2v) is 4.29. The van der Waals surface area contributed by atoms with E-state index in [0.29, 0.717) is 5.71 Å². The van der Waals surface area contributed by atoms with Crippen molar-refractivity contribution in [2.24, 2.45) is 5.18 Å². The zero-order valence-corrected chi connectivity index (χ0v) is 17.5. The van der Waals surface area contributed by atoms with Crippen molar-refractivity contribution in [2.75, 3.05) is 7.05 Å². The van der Waals surface area contributed by atoms with Gasteiger partial charge in [0, 0.05) is 11.1 Å². The van der Waals surface area contributed by atoms with E-state index in [1.54, 1.807) is 0 Å². The lowest BCUT2D eigenvalue weighted by Crippen LogP contribution is -2.00. The number of aryl methyl sites for hydroxylation is 2. The van der Waals surface area contributed by atoms with Gasteiger partial charge in [0.05, 0.1) is 12.8 Å². The molecule has 140 valence electrons. The van der Waals surface area contributed by atoms with Gasteiger partial charge in [-0.15, -0.1) is 0 Å². The number of benzene rings is 2. The van der Waals surface area contributed by atoms with E-state index in [1.165, 1.54) is 18.2 Å². The molecule has 1 N–H and O–H groups in total. The van der Waals surface area contributed by atoms with Gasteiger partial charge in [-0.05, 0) is 13.8 Å². The van der Waals surface area contributed by atoms with E-state index in [1.807, 2.05) is 90.1 Å². The highest BCUT2D eigenvalue weighted by molar-refractivity contribution is 6.10. The maximum atomic E-state index is 8.56. The van der Waals surface area contributed by atoms with Crippen molar-refractivity contribution in [1.82, 2.24) is 0 Å². The molecule has 0 aromatic heterocycles. The Labute approximate surface area is 155 Å². The van der Waals surface area contributed by atoms with Crippen molar-refractivity contribution in [2.45, 2.75) is 55.4 Å². The first-order valence-electron chi connectivity index (χ1n) is 9.02. The first-order chi connectivity index (χ1) is 12.1. The Morgan fingerprint density at radius 2 is 0.880 bits per heavy atom. The summed E-state index contributed by atoms with van der Waals surface area (Å²) in [6, 6.07) is 16.1. The summed E-state index contributed by atoms with van der Waals surface area (Å²) in [5, 5.41) is 10.4. The Balaban J connectivity index is -0.000000464. The minimum absolute atomic E-state index is 0.583. The molecule has 2 aromatic carbocycles. The Bertz CT molecular complexity index is 496. The fourth-order valence-electron chi connectivity index (χ4n) is 1.61. The van der Waals surface area contributed by atoms with Crippen LogP contribution in [0.5, 0.6) is 0 Å². The minimum Gasteiger partial charge on any atom is -0.300 e. The molecule has 3 heteroatoms. The third-order valence-electron chi connectivity index (χ3n) is 2.68. The quantitative estimate of drug-likeness (QED) is 0.455. The second-order valence-electron chi connectivity index (χ2n) is 4.29. The van der Waals surface area contributed by atoms with Crippen LogP contribution in [0.3, 0.4) is 0 Å². The molecule has 0 amide bonds. The summed E-state index contributed by atoms with van der Waals surface area (Å²) in [4.78, 5) is 8.56. The molecule has 0 saturated heterocycles. The maximum Gasteiger partial charge on any atom is 0.0700 e. The summed E-state index contributed by atoms with van der Waals surface area (Å²) < 4.78 is 0. The van der Waals surface area contributed by atoms with Crippen LogP contribution in [-0.4, -0.2) is 12.8 Å². The molecule has 0 fully saturated rings. The maximum absolute atomic E-state index is 8.56. The Kier molecular flexibility index (Phi) is 21.8. The van der Waals surface area contributed by atoms with Crippen LogP contribution in [0, 0.1) is 24.2 Å². The normalized spacial score (nSPS) is 7.72. The van der Waals surface area contributed by atoms with Gasteiger partial charge in [-0.1, -0.05) is 106 Å². The number of hydrogen-bond acceptors (Lipinski definition) is 3. The van der Waals surface area contributed by atoms with Crippen molar-refractivity contribution in [1.29, 1.82) is 5.41 Å². The summed E-state index contributed by atoms with van der Waals surface area (Å²) >= 11 is 0. The Hall–Kier alpha value is -2.29. The van der Waals surface area contributed by atoms with Crippen molar-refractivity contribution in [3.8, 4) is 0 Å². The molecule has 2 rings (SSSR count). The van der Waals surface area contributed by atoms with Crippen molar-refractivity contribution < 1.29 is 0 Å². The molecule has 0 unspecified atom stereocenters. The molecule has 0 spiro atoms. The third-order valence-corrected chi connectivity index (χ3v) is 2.68. The van der Waals surface area contributed by atoms with Gasteiger partial charge in [0.2, 0.25) is 0 Å². The van der Waals surface area contributed by atoms with Crippen LogP contribution in [0.1, 0.15) is 63.8 Å². The standard InChI is InChI=1S/C15H15N.3C2H6.CH3NO/c1-11-3-7-13(8-4-11)15(16)14-9-5-12(2)6-10-14;3*1-2;1-2-3/h3-10,16H,1-2H3;3*1-2H3;1H3. The lowest BCUT2D eigenvalue weighted by atomic mass is 10.0. The summed E-state index contributed by atoms with van der Waals surface area (Å²) in [6.45, 7) is 16.1. The number of rotatable bonds is 2. The third kappa shape index (κ3) is 12.8. The van der Waals surface area contributed by atoms with E-state index < -0.39 is 0 Å². The molecule has 3 nitrogen and oxygen atoms in total. The first-order valence-corrected chi connectivity index (χ1v) is 9.02. The highest BCUT2D eigenvalue weighted by Gasteiger charge is 2.03. The number of nitrogens with zero attached hydrogens (tertiary/aromatic N) is 1. The average molecular weight is 345 g/mol. The Morgan fingerprint density at radius 1 is 0.680 bits per heavy atom. The summed E-state index contributed by atoms with van der Waals surface area (Å²) in [5.74, 6) is 0. The molecule has 0 aliphatic rings. The molecule has 0 aliphatic heterocycles. The van der Waals surface area contributed by atoms with Crippen LogP contribution in [0.2, 0.25) is 0 Å². The SMILES string of the molecule is CC.CC.CC.CN=O.Cc1ccc(C(=N)c2ccc(C)cc2)cc1. The van der Waals surface area contributed by atoms with Gasteiger partial charge in [-0.2, -0.15) is 4.91 Å². The van der Waals surface area contributed by atoms with E-state index in [-0.39, 0.29) is 0 Å². The molecular formula is C22H36N2O. The minimum atomic E-state index is 0.583. The molecule has 0 bridgehead atoms. The fraction of sp³-hybridized carbons (Fsp3) is 0.409. The molecular weight excluding hydrogens is 308 g/mol. The van der Waals surface area contributed by atoms with Crippen LogP contribution < -0.4 is 0 Å². The zero-order valence-electron chi connectivity index (χ0n) is 17.5. The van der Waals surface area contributed by atoms with Gasteiger partial charge in [0.25, 0.3) is 0 Å². The van der Waals surface area contributed by atoms with E-state index >= 15 is 0 Å². The van der Waals surface area contributed by atoms with Crippen LogP contribution in [-0.2, 0) is 0 Å². The van der Waals surface area contributed by atoms with E-state index in [2.05, 4.69) is 19.0 Å². The predicted octanol–water partition coefficient (Wildman–Crippen LogP) is 7.18. The largest absolute Gasteiger partial charge is 0.300 e. The number of nitrogens with one attached hydrogen (secondary N) is 1. The van der Waals surface area contributed by atoms with E-state index in [9.17, 15) is 0 Å². The van der Waals surface area contributed by atoms with Crippen LogP contribution in [0.15, 0.2) is 53.7 Å². The molecule has 25 heavy (non-hydrogen) atoms. The zero-order chi connectivity index (χ0) is 20.3. The van der Waals surface area contributed by atoms with Crippen molar-refractivity contribution >= 4 is 5.71 Å². The smallest absolute Gasteiger partial charge is 0.0700 e. The highest BCUT2D eigenvalue weighted by atomic mass is 16.2. The molecule has 0 heterocycles. The summed E-state index contributed by atoms with van der Waals surface area (Å²) in [7, 11) is 1.19.